The molecule has 0 spiro atoms. The predicted octanol–water partition coefficient (Wildman–Crippen LogP) is 2.63. The van der Waals surface area contributed by atoms with Gasteiger partial charge >= 0.3 is 0 Å². The molecule has 102 valence electrons. The number of anilines is 2. The molecule has 0 radical (unpaired) electrons. The maximum Gasteiger partial charge on any atom is 0.183 e. The molecule has 19 heavy (non-hydrogen) atoms. The summed E-state index contributed by atoms with van der Waals surface area (Å²) in [7, 11) is 0. The van der Waals surface area contributed by atoms with Crippen LogP contribution >= 0.6 is 11.3 Å². The number of aromatic nitrogens is 1. The third-order valence-corrected chi connectivity index (χ3v) is 4.75. The van der Waals surface area contributed by atoms with Crippen molar-refractivity contribution < 1.29 is 0 Å². The molecule has 0 aliphatic carbocycles. The summed E-state index contributed by atoms with van der Waals surface area (Å²) in [5.41, 5.74) is 7.62. The lowest BCUT2D eigenvalue weighted by Crippen LogP contribution is -2.22. The van der Waals surface area contributed by atoms with E-state index in [0.29, 0.717) is 0 Å². The van der Waals surface area contributed by atoms with Gasteiger partial charge < -0.3 is 16.0 Å². The summed E-state index contributed by atoms with van der Waals surface area (Å²) >= 11 is 1.69. The fourth-order valence-corrected chi connectivity index (χ4v) is 3.54. The highest BCUT2D eigenvalue weighted by atomic mass is 32.1. The van der Waals surface area contributed by atoms with Crippen molar-refractivity contribution in [2.24, 2.45) is 5.92 Å². The molecular formula is C14H20N4S. The van der Waals surface area contributed by atoms with Gasteiger partial charge in [0.05, 0.1) is 10.2 Å². The van der Waals surface area contributed by atoms with Crippen LogP contribution in [0.2, 0.25) is 0 Å². The molecule has 2 heterocycles. The van der Waals surface area contributed by atoms with Crippen molar-refractivity contribution in [3.63, 3.8) is 0 Å². The first kappa shape index (κ1) is 12.7. The Hall–Kier alpha value is -1.33. The zero-order chi connectivity index (χ0) is 13.2. The number of nitrogens with one attached hydrogen (secondary N) is 1. The van der Waals surface area contributed by atoms with Gasteiger partial charge in [0, 0.05) is 18.8 Å². The summed E-state index contributed by atoms with van der Waals surface area (Å²) in [5.74, 6) is 0.747. The second kappa shape index (κ2) is 5.35. The number of nitrogens with zero attached hydrogens (tertiary/aromatic N) is 2. The highest BCUT2D eigenvalue weighted by Gasteiger charge is 2.20. The van der Waals surface area contributed by atoms with Crippen LogP contribution in [0.1, 0.15) is 13.3 Å². The van der Waals surface area contributed by atoms with E-state index in [1.165, 1.54) is 19.5 Å². The van der Waals surface area contributed by atoms with E-state index in [0.717, 1.165) is 40.0 Å². The third kappa shape index (κ3) is 2.82. The van der Waals surface area contributed by atoms with Gasteiger partial charge in [-0.2, -0.15) is 0 Å². The number of likely N-dealkylation sites (tertiary alicyclic amines) is 1. The molecule has 4 nitrogen and oxygen atoms in total. The zero-order valence-electron chi connectivity index (χ0n) is 11.2. The highest BCUT2D eigenvalue weighted by Crippen LogP contribution is 2.28. The van der Waals surface area contributed by atoms with Crippen molar-refractivity contribution in [3.8, 4) is 0 Å². The molecule has 0 amide bonds. The summed E-state index contributed by atoms with van der Waals surface area (Å²) in [5, 5.41) is 4.49. The van der Waals surface area contributed by atoms with Crippen LogP contribution in [-0.4, -0.2) is 36.1 Å². The van der Waals surface area contributed by atoms with E-state index < -0.39 is 0 Å². The molecule has 1 aromatic carbocycles. The number of fused-ring (bicyclic) bond motifs is 1. The Morgan fingerprint density at radius 3 is 3.21 bits per heavy atom. The quantitative estimate of drug-likeness (QED) is 0.843. The molecule has 1 aliphatic rings. The molecule has 1 fully saturated rings. The van der Waals surface area contributed by atoms with Crippen molar-refractivity contribution >= 4 is 32.4 Å². The van der Waals surface area contributed by atoms with Crippen molar-refractivity contribution in [2.75, 3.05) is 37.2 Å². The van der Waals surface area contributed by atoms with Crippen LogP contribution in [0.3, 0.4) is 0 Å². The molecule has 1 aliphatic heterocycles. The Morgan fingerprint density at radius 1 is 1.53 bits per heavy atom. The summed E-state index contributed by atoms with van der Waals surface area (Å²) in [6.45, 7) is 6.86. The van der Waals surface area contributed by atoms with Gasteiger partial charge in [-0.3, -0.25) is 0 Å². The molecule has 0 bridgehead atoms. The summed E-state index contributed by atoms with van der Waals surface area (Å²) in [4.78, 5) is 7.10. The first-order valence-corrected chi connectivity index (χ1v) is 7.68. The van der Waals surface area contributed by atoms with E-state index in [1.54, 1.807) is 11.3 Å². The fraction of sp³-hybridized carbons (Fsp3) is 0.500. The van der Waals surface area contributed by atoms with Crippen molar-refractivity contribution in [3.05, 3.63) is 18.2 Å². The number of nitrogens with two attached hydrogens (primary N) is 1. The van der Waals surface area contributed by atoms with Crippen molar-refractivity contribution in [1.82, 2.24) is 9.88 Å². The van der Waals surface area contributed by atoms with Crippen LogP contribution < -0.4 is 11.1 Å². The summed E-state index contributed by atoms with van der Waals surface area (Å²) < 4.78 is 1.16. The molecule has 3 rings (SSSR count). The van der Waals surface area contributed by atoms with E-state index in [9.17, 15) is 0 Å². The normalized spacial score (nSPS) is 20.2. The van der Waals surface area contributed by atoms with Gasteiger partial charge in [-0.05, 0) is 43.6 Å². The Kier molecular flexibility index (Phi) is 3.57. The largest absolute Gasteiger partial charge is 0.399 e. The van der Waals surface area contributed by atoms with E-state index >= 15 is 0 Å². The van der Waals surface area contributed by atoms with Gasteiger partial charge in [-0.1, -0.05) is 18.3 Å². The average Bonchev–Trinajstić information content (AvgIpc) is 3.01. The number of hydrogen-bond donors (Lipinski definition) is 2. The van der Waals surface area contributed by atoms with Gasteiger partial charge in [0.2, 0.25) is 0 Å². The molecule has 1 saturated heterocycles. The maximum atomic E-state index is 5.79. The fourth-order valence-electron chi connectivity index (χ4n) is 2.62. The highest BCUT2D eigenvalue weighted by molar-refractivity contribution is 7.22. The van der Waals surface area contributed by atoms with Gasteiger partial charge in [0.1, 0.15) is 0 Å². The first-order chi connectivity index (χ1) is 9.24. The van der Waals surface area contributed by atoms with E-state index in [-0.39, 0.29) is 0 Å². The molecule has 5 heteroatoms. The second-order valence-electron chi connectivity index (χ2n) is 5.18. The average molecular weight is 276 g/mol. The van der Waals surface area contributed by atoms with Crippen LogP contribution in [0.4, 0.5) is 10.8 Å². The van der Waals surface area contributed by atoms with Crippen molar-refractivity contribution in [2.45, 2.75) is 13.3 Å². The van der Waals surface area contributed by atoms with Crippen LogP contribution in [0.25, 0.3) is 10.2 Å². The van der Waals surface area contributed by atoms with Gasteiger partial charge in [-0.15, -0.1) is 0 Å². The van der Waals surface area contributed by atoms with Crippen LogP contribution in [0, 0.1) is 5.92 Å². The molecule has 3 N–H and O–H groups in total. The van der Waals surface area contributed by atoms with Crippen LogP contribution in [-0.2, 0) is 0 Å². The Bertz CT molecular complexity index is 566. The minimum Gasteiger partial charge on any atom is -0.399 e. The Labute approximate surface area is 117 Å². The molecular weight excluding hydrogens is 256 g/mol. The lowest BCUT2D eigenvalue weighted by molar-refractivity contribution is 0.345. The zero-order valence-corrected chi connectivity index (χ0v) is 12.0. The molecule has 1 unspecified atom stereocenters. The van der Waals surface area contributed by atoms with Crippen LogP contribution in [0.5, 0.6) is 0 Å². The lowest BCUT2D eigenvalue weighted by Gasteiger charge is -2.13. The number of nitrogen functional groups attached to an aromatic ring is 1. The van der Waals surface area contributed by atoms with E-state index in [1.807, 2.05) is 18.2 Å². The monoisotopic (exact) mass is 276 g/mol. The predicted molar refractivity (Wildman–Crippen MR) is 82.7 cm³/mol. The molecule has 1 atom stereocenters. The first-order valence-electron chi connectivity index (χ1n) is 6.87. The molecule has 2 aromatic rings. The van der Waals surface area contributed by atoms with E-state index in [2.05, 4.69) is 22.1 Å². The Balaban J connectivity index is 1.62. The number of rotatable bonds is 4. The minimum absolute atomic E-state index is 0.747. The number of hydrogen-bond acceptors (Lipinski definition) is 5. The topological polar surface area (TPSA) is 54.2 Å². The summed E-state index contributed by atoms with van der Waals surface area (Å²) in [6, 6.07) is 5.88. The minimum atomic E-state index is 0.747. The molecule has 0 saturated carbocycles. The summed E-state index contributed by atoms with van der Waals surface area (Å²) in [6.07, 6.45) is 1.29. The Morgan fingerprint density at radius 2 is 2.42 bits per heavy atom. The van der Waals surface area contributed by atoms with Crippen molar-refractivity contribution in [1.29, 1.82) is 0 Å². The van der Waals surface area contributed by atoms with E-state index in [4.69, 9.17) is 5.73 Å². The number of thiazole rings is 1. The van der Waals surface area contributed by atoms with Gasteiger partial charge in [-0.25, -0.2) is 4.98 Å². The molecule has 1 aromatic heterocycles. The third-order valence-electron chi connectivity index (χ3n) is 3.77. The standard InChI is InChI=1S/C14H20N4S/c1-2-18-6-5-10(9-18)8-16-14-17-12-4-3-11(15)7-13(12)19-14/h3-4,7,10H,2,5-6,8-9,15H2,1H3,(H,16,17). The maximum absolute atomic E-state index is 5.79. The smallest absolute Gasteiger partial charge is 0.183 e. The lowest BCUT2D eigenvalue weighted by atomic mass is 10.1. The van der Waals surface area contributed by atoms with Gasteiger partial charge in [0.15, 0.2) is 5.13 Å². The second-order valence-corrected chi connectivity index (χ2v) is 6.21. The number of benzene rings is 1. The van der Waals surface area contributed by atoms with Crippen LogP contribution in [0.15, 0.2) is 18.2 Å². The van der Waals surface area contributed by atoms with Gasteiger partial charge in [0.25, 0.3) is 0 Å². The SMILES string of the molecule is CCN1CCC(CNc2nc3ccc(N)cc3s2)C1.